The van der Waals surface area contributed by atoms with Crippen LogP contribution in [0.2, 0.25) is 5.02 Å². The molecule has 1 N–H and O–H groups in total. The molecule has 1 aliphatic rings. The zero-order chi connectivity index (χ0) is 17.4. The fourth-order valence-electron chi connectivity index (χ4n) is 3.17. The number of carbonyl (C=O) groups excluding carboxylic acids is 1. The van der Waals surface area contributed by atoms with Gasteiger partial charge in [-0.15, -0.1) is 11.3 Å². The van der Waals surface area contributed by atoms with Gasteiger partial charge in [0.25, 0.3) is 0 Å². The Bertz CT molecular complexity index is 916. The largest absolute Gasteiger partial charge is 0.497 e. The van der Waals surface area contributed by atoms with E-state index in [9.17, 15) is 4.79 Å². The van der Waals surface area contributed by atoms with Gasteiger partial charge < -0.3 is 10.1 Å². The molecule has 0 saturated heterocycles. The summed E-state index contributed by atoms with van der Waals surface area (Å²) in [5, 5.41) is 5.88. The predicted molar refractivity (Wildman–Crippen MR) is 103 cm³/mol. The third-order valence-electron chi connectivity index (χ3n) is 4.46. The van der Waals surface area contributed by atoms with Crippen LogP contribution in [-0.4, -0.2) is 13.0 Å². The number of thiophene rings is 1. The van der Waals surface area contributed by atoms with E-state index in [1.807, 2.05) is 48.5 Å². The summed E-state index contributed by atoms with van der Waals surface area (Å²) in [6.45, 7) is 0. The number of nitrogens with one attached hydrogen (secondary N) is 1. The Morgan fingerprint density at radius 1 is 1.12 bits per heavy atom. The number of halogens is 1. The number of benzene rings is 2. The van der Waals surface area contributed by atoms with Crippen molar-refractivity contribution in [3.8, 4) is 16.9 Å². The quantitative estimate of drug-likeness (QED) is 0.657. The van der Waals surface area contributed by atoms with Crippen molar-refractivity contribution in [2.75, 3.05) is 12.4 Å². The Labute approximate surface area is 155 Å². The molecule has 1 amide bonds. The van der Waals surface area contributed by atoms with Crippen LogP contribution in [-0.2, 0) is 4.79 Å². The van der Waals surface area contributed by atoms with Gasteiger partial charge in [0.15, 0.2) is 0 Å². The van der Waals surface area contributed by atoms with Crippen molar-refractivity contribution >= 4 is 34.5 Å². The molecule has 4 rings (SSSR count). The zero-order valence-electron chi connectivity index (χ0n) is 13.6. The van der Waals surface area contributed by atoms with Crippen LogP contribution in [0.15, 0.2) is 53.9 Å². The number of rotatable bonds is 3. The molecule has 126 valence electrons. The molecule has 0 fully saturated rings. The number of amides is 1. The highest BCUT2D eigenvalue weighted by atomic mass is 35.5. The SMILES string of the molecule is COc1ccc(-c2csc3c2NC(=O)C[C@H]3c2ccc(Cl)cc2)cc1. The van der Waals surface area contributed by atoms with E-state index in [0.29, 0.717) is 11.4 Å². The first kappa shape index (κ1) is 16.2. The van der Waals surface area contributed by atoms with Crippen LogP contribution >= 0.6 is 22.9 Å². The molecule has 3 aromatic rings. The highest BCUT2D eigenvalue weighted by Gasteiger charge is 2.30. The molecule has 2 heterocycles. The lowest BCUT2D eigenvalue weighted by Gasteiger charge is -2.24. The van der Waals surface area contributed by atoms with Gasteiger partial charge in [0.05, 0.1) is 12.8 Å². The van der Waals surface area contributed by atoms with Crippen molar-refractivity contribution in [1.82, 2.24) is 0 Å². The van der Waals surface area contributed by atoms with Crippen LogP contribution in [0.3, 0.4) is 0 Å². The van der Waals surface area contributed by atoms with Crippen LogP contribution < -0.4 is 10.1 Å². The number of methoxy groups -OCH3 is 1. The van der Waals surface area contributed by atoms with Crippen molar-refractivity contribution in [2.45, 2.75) is 12.3 Å². The maximum Gasteiger partial charge on any atom is 0.225 e. The molecular formula is C20H16ClNO2S. The third kappa shape index (κ3) is 3.03. The van der Waals surface area contributed by atoms with E-state index in [4.69, 9.17) is 16.3 Å². The maximum absolute atomic E-state index is 12.3. The Morgan fingerprint density at radius 2 is 1.84 bits per heavy atom. The minimum Gasteiger partial charge on any atom is -0.497 e. The molecule has 3 nitrogen and oxygen atoms in total. The van der Waals surface area contributed by atoms with Gasteiger partial charge in [-0.2, -0.15) is 0 Å². The summed E-state index contributed by atoms with van der Waals surface area (Å²) < 4.78 is 5.22. The molecule has 5 heteroatoms. The van der Waals surface area contributed by atoms with E-state index in [1.54, 1.807) is 18.4 Å². The van der Waals surface area contributed by atoms with Crippen molar-refractivity contribution in [1.29, 1.82) is 0 Å². The molecule has 0 radical (unpaired) electrons. The average Bonchev–Trinajstić information content (AvgIpc) is 3.05. The van der Waals surface area contributed by atoms with Crippen molar-refractivity contribution in [2.24, 2.45) is 0 Å². The minimum atomic E-state index is 0.0422. The number of hydrogen-bond acceptors (Lipinski definition) is 3. The van der Waals surface area contributed by atoms with Crippen molar-refractivity contribution < 1.29 is 9.53 Å². The van der Waals surface area contributed by atoms with Gasteiger partial charge in [0.2, 0.25) is 5.91 Å². The zero-order valence-corrected chi connectivity index (χ0v) is 15.2. The van der Waals surface area contributed by atoms with Crippen LogP contribution in [0.4, 0.5) is 5.69 Å². The summed E-state index contributed by atoms with van der Waals surface area (Å²) in [5.41, 5.74) is 4.15. The lowest BCUT2D eigenvalue weighted by molar-refractivity contribution is -0.116. The molecule has 0 spiro atoms. The standard InChI is InChI=1S/C20H16ClNO2S/c1-24-15-8-4-13(5-9-15)17-11-25-20-16(10-18(23)22-19(17)20)12-2-6-14(21)7-3-12/h2-9,11,16H,10H2,1H3,(H,22,23)/t16-/m0/s1. The van der Waals surface area contributed by atoms with Crippen LogP contribution in [0.1, 0.15) is 22.8 Å². The van der Waals surface area contributed by atoms with Gasteiger partial charge in [-0.1, -0.05) is 35.9 Å². The Kier molecular flexibility index (Phi) is 4.24. The van der Waals surface area contributed by atoms with Crippen LogP contribution in [0, 0.1) is 0 Å². The number of carbonyl (C=O) groups is 1. The summed E-state index contributed by atoms with van der Waals surface area (Å²) in [7, 11) is 1.65. The second-order valence-electron chi connectivity index (χ2n) is 5.97. The van der Waals surface area contributed by atoms with Gasteiger partial charge >= 0.3 is 0 Å². The highest BCUT2D eigenvalue weighted by Crippen LogP contribution is 2.46. The van der Waals surface area contributed by atoms with Gasteiger partial charge in [0.1, 0.15) is 5.75 Å². The second-order valence-corrected chi connectivity index (χ2v) is 7.32. The van der Waals surface area contributed by atoms with E-state index in [1.165, 1.54) is 4.88 Å². The van der Waals surface area contributed by atoms with E-state index in [0.717, 1.165) is 28.1 Å². The van der Waals surface area contributed by atoms with Gasteiger partial charge in [0, 0.05) is 33.2 Å². The lowest BCUT2D eigenvalue weighted by Crippen LogP contribution is -2.22. The maximum atomic E-state index is 12.3. The fraction of sp³-hybridized carbons (Fsp3) is 0.150. The van der Waals surface area contributed by atoms with E-state index in [2.05, 4.69) is 10.7 Å². The predicted octanol–water partition coefficient (Wildman–Crippen LogP) is 5.55. The van der Waals surface area contributed by atoms with E-state index < -0.39 is 0 Å². The summed E-state index contributed by atoms with van der Waals surface area (Å²) in [6, 6.07) is 15.6. The van der Waals surface area contributed by atoms with E-state index >= 15 is 0 Å². The molecule has 1 aliphatic heterocycles. The monoisotopic (exact) mass is 369 g/mol. The molecule has 2 aromatic carbocycles. The topological polar surface area (TPSA) is 38.3 Å². The second kappa shape index (κ2) is 6.54. The summed E-state index contributed by atoms with van der Waals surface area (Å²) >= 11 is 7.69. The summed E-state index contributed by atoms with van der Waals surface area (Å²) in [5.74, 6) is 0.926. The molecule has 0 saturated carbocycles. The van der Waals surface area contributed by atoms with Crippen molar-refractivity contribution in [3.63, 3.8) is 0 Å². The molecule has 0 bridgehead atoms. The van der Waals surface area contributed by atoms with Crippen LogP contribution in [0.25, 0.3) is 11.1 Å². The number of anilines is 1. The summed E-state index contributed by atoms with van der Waals surface area (Å²) in [4.78, 5) is 13.5. The Balaban J connectivity index is 1.76. The number of ether oxygens (including phenoxy) is 1. The van der Waals surface area contributed by atoms with E-state index in [-0.39, 0.29) is 11.8 Å². The fourth-order valence-corrected chi connectivity index (χ4v) is 4.46. The summed E-state index contributed by atoms with van der Waals surface area (Å²) in [6.07, 6.45) is 0.456. The smallest absolute Gasteiger partial charge is 0.225 e. The molecular weight excluding hydrogens is 354 g/mol. The minimum absolute atomic E-state index is 0.0422. The molecule has 1 atom stereocenters. The Hall–Kier alpha value is -2.30. The molecule has 25 heavy (non-hydrogen) atoms. The normalized spacial score (nSPS) is 16.2. The first-order chi connectivity index (χ1) is 12.2. The van der Waals surface area contributed by atoms with Crippen LogP contribution in [0.5, 0.6) is 5.75 Å². The number of fused-ring (bicyclic) bond motifs is 1. The molecule has 0 aliphatic carbocycles. The molecule has 0 unspecified atom stereocenters. The highest BCUT2D eigenvalue weighted by molar-refractivity contribution is 7.11. The number of hydrogen-bond donors (Lipinski definition) is 1. The Morgan fingerprint density at radius 3 is 2.52 bits per heavy atom. The van der Waals surface area contributed by atoms with Gasteiger partial charge in [-0.05, 0) is 35.4 Å². The molecule has 1 aromatic heterocycles. The third-order valence-corrected chi connectivity index (χ3v) is 5.81. The first-order valence-corrected chi connectivity index (χ1v) is 9.22. The average molecular weight is 370 g/mol. The van der Waals surface area contributed by atoms with Gasteiger partial charge in [-0.3, -0.25) is 4.79 Å². The van der Waals surface area contributed by atoms with Gasteiger partial charge in [-0.25, -0.2) is 0 Å². The first-order valence-electron chi connectivity index (χ1n) is 7.97. The lowest BCUT2D eigenvalue weighted by atomic mass is 9.89. The van der Waals surface area contributed by atoms with Crippen molar-refractivity contribution in [3.05, 3.63) is 69.4 Å².